The van der Waals surface area contributed by atoms with Crippen LogP contribution in [0.2, 0.25) is 0 Å². The van der Waals surface area contributed by atoms with E-state index in [1.807, 2.05) is 47.2 Å². The third-order valence-corrected chi connectivity index (χ3v) is 3.87. The van der Waals surface area contributed by atoms with Gasteiger partial charge in [0.15, 0.2) is 0 Å². The molecule has 3 aromatic heterocycles. The minimum Gasteiger partial charge on any atom is -0.467 e. The Kier molecular flexibility index (Phi) is 4.24. The number of hydrogen-bond acceptors (Lipinski definition) is 5. The van der Waals surface area contributed by atoms with E-state index in [4.69, 9.17) is 4.42 Å². The molecule has 1 aromatic carbocycles. The monoisotopic (exact) mass is 331 g/mol. The first-order valence-corrected chi connectivity index (χ1v) is 8.00. The average molecular weight is 331 g/mol. The van der Waals surface area contributed by atoms with Crippen LogP contribution in [0.3, 0.4) is 0 Å². The van der Waals surface area contributed by atoms with Gasteiger partial charge >= 0.3 is 0 Å². The lowest BCUT2D eigenvalue weighted by molar-refractivity contribution is 0.500. The minimum atomic E-state index is 0.627. The number of benzene rings is 1. The zero-order valence-electron chi connectivity index (χ0n) is 13.6. The molecule has 0 atom stereocenters. The predicted molar refractivity (Wildman–Crippen MR) is 94.2 cm³/mol. The molecule has 0 aliphatic carbocycles. The third kappa shape index (κ3) is 3.58. The highest BCUT2D eigenvalue weighted by Gasteiger charge is 2.13. The normalized spacial score (nSPS) is 10.7. The van der Waals surface area contributed by atoms with E-state index in [0.717, 1.165) is 23.9 Å². The highest BCUT2D eigenvalue weighted by molar-refractivity contribution is 5.44. The first-order valence-electron chi connectivity index (χ1n) is 8.00. The van der Waals surface area contributed by atoms with Crippen molar-refractivity contribution in [1.82, 2.24) is 19.5 Å². The molecule has 0 saturated carbocycles. The Hall–Kier alpha value is -3.41. The van der Waals surface area contributed by atoms with Crippen molar-refractivity contribution in [2.24, 2.45) is 0 Å². The van der Waals surface area contributed by atoms with Crippen LogP contribution in [0.5, 0.6) is 0 Å². The minimum absolute atomic E-state index is 0.627. The van der Waals surface area contributed by atoms with Crippen LogP contribution >= 0.6 is 0 Å². The second kappa shape index (κ2) is 7.00. The van der Waals surface area contributed by atoms with Gasteiger partial charge in [-0.05, 0) is 17.7 Å². The van der Waals surface area contributed by atoms with Gasteiger partial charge in [-0.3, -0.25) is 4.57 Å². The van der Waals surface area contributed by atoms with Gasteiger partial charge in [-0.15, -0.1) is 0 Å². The quantitative estimate of drug-likeness (QED) is 0.541. The molecule has 0 fully saturated rings. The largest absolute Gasteiger partial charge is 0.467 e. The van der Waals surface area contributed by atoms with Crippen LogP contribution in [0.1, 0.15) is 11.3 Å². The van der Waals surface area contributed by atoms with Gasteiger partial charge in [-0.2, -0.15) is 0 Å². The van der Waals surface area contributed by atoms with E-state index in [0.29, 0.717) is 6.54 Å². The van der Waals surface area contributed by atoms with Crippen LogP contribution < -0.4 is 4.90 Å². The lowest BCUT2D eigenvalue weighted by Crippen LogP contribution is -2.23. The highest BCUT2D eigenvalue weighted by Crippen LogP contribution is 2.20. The summed E-state index contributed by atoms with van der Waals surface area (Å²) in [7, 11) is 0. The molecule has 6 heteroatoms. The summed E-state index contributed by atoms with van der Waals surface area (Å²) in [5, 5.41) is 0. The van der Waals surface area contributed by atoms with Gasteiger partial charge in [0.05, 0.1) is 12.8 Å². The molecule has 0 N–H and O–H groups in total. The first-order chi connectivity index (χ1) is 12.4. The second-order valence-electron chi connectivity index (χ2n) is 5.63. The lowest BCUT2D eigenvalue weighted by Gasteiger charge is -2.23. The molecule has 0 spiro atoms. The fourth-order valence-electron chi connectivity index (χ4n) is 2.66. The summed E-state index contributed by atoms with van der Waals surface area (Å²) in [6, 6.07) is 16.1. The van der Waals surface area contributed by atoms with E-state index in [1.54, 1.807) is 25.1 Å². The molecule has 25 heavy (non-hydrogen) atoms. The summed E-state index contributed by atoms with van der Waals surface area (Å²) >= 11 is 0. The molecule has 4 rings (SSSR count). The van der Waals surface area contributed by atoms with Crippen molar-refractivity contribution in [1.29, 1.82) is 0 Å². The number of nitrogens with zero attached hydrogens (tertiary/aromatic N) is 5. The number of aromatic nitrogens is 4. The fourth-order valence-corrected chi connectivity index (χ4v) is 2.66. The number of anilines is 1. The molecule has 4 aromatic rings. The van der Waals surface area contributed by atoms with E-state index in [-0.39, 0.29) is 0 Å². The average Bonchev–Trinajstić information content (AvgIpc) is 3.36. The smallest absolute Gasteiger partial charge is 0.143 e. The van der Waals surface area contributed by atoms with Crippen LogP contribution in [0.15, 0.2) is 84.3 Å². The summed E-state index contributed by atoms with van der Waals surface area (Å²) in [6.07, 6.45) is 8.57. The molecule has 0 amide bonds. The highest BCUT2D eigenvalue weighted by atomic mass is 16.3. The summed E-state index contributed by atoms with van der Waals surface area (Å²) in [5.74, 6) is 2.50. The third-order valence-electron chi connectivity index (χ3n) is 3.87. The first kappa shape index (κ1) is 15.1. The zero-order chi connectivity index (χ0) is 16.9. The molecular formula is C19H17N5O. The lowest BCUT2D eigenvalue weighted by atomic mass is 10.2. The Bertz CT molecular complexity index is 904. The molecule has 6 nitrogen and oxygen atoms in total. The molecule has 0 bridgehead atoms. The van der Waals surface area contributed by atoms with Gasteiger partial charge in [0.2, 0.25) is 0 Å². The molecule has 0 aliphatic heterocycles. The van der Waals surface area contributed by atoms with Gasteiger partial charge < -0.3 is 9.32 Å². The van der Waals surface area contributed by atoms with Crippen molar-refractivity contribution < 1.29 is 4.42 Å². The second-order valence-corrected chi connectivity index (χ2v) is 5.63. The van der Waals surface area contributed by atoms with Gasteiger partial charge in [0.25, 0.3) is 0 Å². The molecule has 0 radical (unpaired) electrons. The number of rotatable bonds is 6. The van der Waals surface area contributed by atoms with Crippen molar-refractivity contribution in [2.45, 2.75) is 13.1 Å². The van der Waals surface area contributed by atoms with Crippen LogP contribution in [0, 0.1) is 0 Å². The molecule has 124 valence electrons. The summed E-state index contributed by atoms with van der Waals surface area (Å²) in [5.41, 5.74) is 1.21. The van der Waals surface area contributed by atoms with E-state index < -0.39 is 0 Å². The van der Waals surface area contributed by atoms with E-state index in [2.05, 4.69) is 32.0 Å². The van der Waals surface area contributed by atoms with Crippen molar-refractivity contribution in [3.05, 3.63) is 91.2 Å². The number of imidazole rings is 1. The number of furan rings is 1. The maximum absolute atomic E-state index is 5.53. The fraction of sp³-hybridized carbons (Fsp3) is 0.105. The summed E-state index contributed by atoms with van der Waals surface area (Å²) in [4.78, 5) is 15.0. The topological polar surface area (TPSA) is 60.0 Å². The molecule has 0 saturated heterocycles. The van der Waals surface area contributed by atoms with Crippen molar-refractivity contribution >= 4 is 5.82 Å². The van der Waals surface area contributed by atoms with Gasteiger partial charge in [0, 0.05) is 25.0 Å². The standard InChI is InChI=1S/C19H17N5O/c1-2-5-16(6-3-1)12-24(13-17-7-4-10-25-17)19-11-18(21-14-22-19)23-9-8-20-15-23/h1-11,14-15H,12-13H2. The predicted octanol–water partition coefficient (Wildman–Crippen LogP) is 3.46. The van der Waals surface area contributed by atoms with E-state index in [1.165, 1.54) is 5.56 Å². The van der Waals surface area contributed by atoms with Crippen molar-refractivity contribution in [2.75, 3.05) is 4.90 Å². The van der Waals surface area contributed by atoms with Crippen molar-refractivity contribution in [3.63, 3.8) is 0 Å². The Morgan fingerprint density at radius 3 is 2.68 bits per heavy atom. The Morgan fingerprint density at radius 1 is 1.00 bits per heavy atom. The Labute approximate surface area is 145 Å². The van der Waals surface area contributed by atoms with Crippen LogP contribution in [0.4, 0.5) is 5.82 Å². The Balaban J connectivity index is 1.66. The Morgan fingerprint density at radius 2 is 1.92 bits per heavy atom. The van der Waals surface area contributed by atoms with Crippen molar-refractivity contribution in [3.8, 4) is 5.82 Å². The van der Waals surface area contributed by atoms with E-state index in [9.17, 15) is 0 Å². The molecule has 0 aliphatic rings. The molecule has 0 unspecified atom stereocenters. The number of hydrogen-bond donors (Lipinski definition) is 0. The SMILES string of the molecule is c1ccc(CN(Cc2ccco2)c2cc(-n3ccnc3)ncn2)cc1. The van der Waals surface area contributed by atoms with Crippen LogP contribution in [-0.2, 0) is 13.1 Å². The maximum Gasteiger partial charge on any atom is 0.143 e. The van der Waals surface area contributed by atoms with E-state index >= 15 is 0 Å². The van der Waals surface area contributed by atoms with Gasteiger partial charge in [0.1, 0.15) is 30.1 Å². The van der Waals surface area contributed by atoms with Crippen LogP contribution in [-0.4, -0.2) is 19.5 Å². The van der Waals surface area contributed by atoms with Gasteiger partial charge in [-0.25, -0.2) is 15.0 Å². The zero-order valence-corrected chi connectivity index (χ0v) is 13.6. The summed E-state index contributed by atoms with van der Waals surface area (Å²) < 4.78 is 7.39. The molecular weight excluding hydrogens is 314 g/mol. The molecule has 3 heterocycles. The maximum atomic E-state index is 5.53. The summed E-state index contributed by atoms with van der Waals surface area (Å²) in [6.45, 7) is 1.35. The van der Waals surface area contributed by atoms with Crippen LogP contribution in [0.25, 0.3) is 5.82 Å². The van der Waals surface area contributed by atoms with Gasteiger partial charge in [-0.1, -0.05) is 30.3 Å².